The Balaban J connectivity index is 1.25. The Hall–Kier alpha value is -6.11. The molecule has 2 fully saturated rings. The summed E-state index contributed by atoms with van der Waals surface area (Å²) in [6, 6.07) is -2.27. The lowest BCUT2D eigenvalue weighted by atomic mass is 10.1. The van der Waals surface area contributed by atoms with Crippen molar-refractivity contribution in [1.82, 2.24) is 54.7 Å². The van der Waals surface area contributed by atoms with Gasteiger partial charge in [0.15, 0.2) is 0 Å². The van der Waals surface area contributed by atoms with Gasteiger partial charge >= 0.3 is 5.97 Å². The standard InChI is InChI=1S/C39H62N18O8/c1-2-18-63-20-22-65-23-21-64-19-9-44-37-45-38(47-39(46-37)55-16-12-53(13-17-55)36(62)32(6-7-34(59)60)56-26-28(25-41)48-50-56)54-14-10-52(11-15-54)35(61)31(5-3-4-8-40)57-27-30(49-51-57)29(42)24-33(43)58/h1,26-27,29,31-32H,3-25,40-42H2,(H2,43,58)(H,59,60)(H,44,45,46,47)/t29-,31-,32-/m0/s1. The average Bonchev–Trinajstić information content (AvgIpc) is 4.00. The fourth-order valence-corrected chi connectivity index (χ4v) is 7.17. The Morgan fingerprint density at radius 1 is 0.769 bits per heavy atom. The first-order valence-corrected chi connectivity index (χ1v) is 21.7. The first kappa shape index (κ1) is 49.9. The summed E-state index contributed by atoms with van der Waals surface area (Å²) < 4.78 is 19.3. The number of carbonyl (C=O) groups excluding carboxylic acids is 3. The zero-order chi connectivity index (χ0) is 46.6. The molecule has 5 heterocycles. The van der Waals surface area contributed by atoms with Crippen molar-refractivity contribution in [2.75, 3.05) is 120 Å². The Bertz CT molecular complexity index is 2010. The molecule has 0 spiro atoms. The molecule has 0 bridgehead atoms. The zero-order valence-electron chi connectivity index (χ0n) is 36.7. The molecule has 2 saturated heterocycles. The third kappa shape index (κ3) is 15.3. The van der Waals surface area contributed by atoms with E-state index in [4.69, 9.17) is 58.5 Å². The molecule has 0 aliphatic carbocycles. The van der Waals surface area contributed by atoms with Gasteiger partial charge in [0, 0.05) is 78.3 Å². The van der Waals surface area contributed by atoms with E-state index in [-0.39, 0.29) is 44.2 Å². The molecule has 3 aromatic rings. The summed E-state index contributed by atoms with van der Waals surface area (Å²) in [5.41, 5.74) is 23.8. The van der Waals surface area contributed by atoms with Gasteiger partial charge in [0.2, 0.25) is 35.6 Å². The number of nitrogens with one attached hydrogen (secondary N) is 1. The van der Waals surface area contributed by atoms with Crippen molar-refractivity contribution < 1.29 is 38.5 Å². The van der Waals surface area contributed by atoms with E-state index in [0.717, 1.165) is 6.42 Å². The van der Waals surface area contributed by atoms with Crippen LogP contribution in [0.5, 0.6) is 0 Å². The van der Waals surface area contributed by atoms with E-state index in [1.165, 1.54) is 9.36 Å². The molecule has 10 N–H and O–H groups in total. The van der Waals surface area contributed by atoms with E-state index >= 15 is 0 Å². The first-order chi connectivity index (χ1) is 31.5. The third-order valence-corrected chi connectivity index (χ3v) is 10.7. The molecule has 3 atom stereocenters. The quantitative estimate of drug-likeness (QED) is 0.0318. The van der Waals surface area contributed by atoms with Crippen LogP contribution in [-0.4, -0.2) is 189 Å². The molecule has 0 unspecified atom stereocenters. The molecule has 5 rings (SSSR count). The van der Waals surface area contributed by atoms with Crippen LogP contribution in [0.2, 0.25) is 0 Å². The maximum atomic E-state index is 14.1. The molecule has 356 valence electrons. The number of carbonyl (C=O) groups is 4. The van der Waals surface area contributed by atoms with Crippen LogP contribution >= 0.6 is 0 Å². The van der Waals surface area contributed by atoms with Crippen molar-refractivity contribution in [2.24, 2.45) is 22.9 Å². The van der Waals surface area contributed by atoms with Crippen LogP contribution in [0.1, 0.15) is 68.0 Å². The summed E-state index contributed by atoms with van der Waals surface area (Å²) in [5.74, 6) is 1.52. The van der Waals surface area contributed by atoms with Crippen LogP contribution in [0.15, 0.2) is 12.4 Å². The minimum Gasteiger partial charge on any atom is -0.481 e. The summed E-state index contributed by atoms with van der Waals surface area (Å²) in [4.78, 5) is 72.6. The fraction of sp³-hybridized carbons (Fsp3) is 0.667. The van der Waals surface area contributed by atoms with Crippen LogP contribution in [0.3, 0.4) is 0 Å². The number of piperazine rings is 2. The number of anilines is 3. The summed E-state index contributed by atoms with van der Waals surface area (Å²) in [5, 5.41) is 29.0. The van der Waals surface area contributed by atoms with E-state index < -0.39 is 30.0 Å². The van der Waals surface area contributed by atoms with Crippen LogP contribution in [0.4, 0.5) is 17.8 Å². The van der Waals surface area contributed by atoms with Crippen LogP contribution in [0.25, 0.3) is 0 Å². The van der Waals surface area contributed by atoms with Crippen LogP contribution in [0, 0.1) is 12.3 Å². The number of rotatable bonds is 28. The number of nitrogens with zero attached hydrogens (tertiary/aromatic N) is 13. The minimum absolute atomic E-state index is 0.0365. The predicted molar refractivity (Wildman–Crippen MR) is 234 cm³/mol. The Morgan fingerprint density at radius 3 is 1.89 bits per heavy atom. The van der Waals surface area contributed by atoms with Crippen molar-refractivity contribution in [3.63, 3.8) is 0 Å². The second-order valence-corrected chi connectivity index (χ2v) is 15.3. The smallest absolute Gasteiger partial charge is 0.303 e. The predicted octanol–water partition coefficient (Wildman–Crippen LogP) is -2.74. The molecule has 3 amide bonds. The van der Waals surface area contributed by atoms with Gasteiger partial charge in [-0.15, -0.1) is 16.6 Å². The lowest BCUT2D eigenvalue weighted by Gasteiger charge is -2.38. The highest BCUT2D eigenvalue weighted by Crippen LogP contribution is 2.25. The topological polar surface area (TPSA) is 345 Å². The van der Waals surface area contributed by atoms with Gasteiger partial charge in [-0.25, -0.2) is 9.36 Å². The zero-order valence-corrected chi connectivity index (χ0v) is 36.7. The van der Waals surface area contributed by atoms with Gasteiger partial charge in [0.1, 0.15) is 18.7 Å². The summed E-state index contributed by atoms with van der Waals surface area (Å²) in [6.45, 7) is 6.08. The number of ether oxygens (including phenoxy) is 3. The van der Waals surface area contributed by atoms with E-state index in [1.54, 1.807) is 22.2 Å². The molecule has 0 radical (unpaired) electrons. The van der Waals surface area contributed by atoms with E-state index in [0.29, 0.717) is 141 Å². The number of aliphatic carboxylic acids is 1. The van der Waals surface area contributed by atoms with E-state index in [2.05, 4.69) is 31.9 Å². The van der Waals surface area contributed by atoms with Gasteiger partial charge < -0.3 is 67.2 Å². The van der Waals surface area contributed by atoms with E-state index in [9.17, 15) is 24.3 Å². The fourth-order valence-electron chi connectivity index (χ4n) is 7.17. The Kier molecular flexibility index (Phi) is 20.0. The Labute approximate surface area is 376 Å². The first-order valence-electron chi connectivity index (χ1n) is 21.7. The number of terminal acetylenes is 1. The Morgan fingerprint density at radius 2 is 1.34 bits per heavy atom. The maximum Gasteiger partial charge on any atom is 0.303 e. The van der Waals surface area contributed by atoms with E-state index in [1.807, 2.05) is 9.80 Å². The number of nitrogens with two attached hydrogens (primary N) is 4. The number of unbranched alkanes of at least 4 members (excludes halogenated alkanes) is 1. The number of hydrogen-bond acceptors (Lipinski definition) is 20. The molecule has 0 aromatic carbocycles. The number of aromatic nitrogens is 9. The second-order valence-electron chi connectivity index (χ2n) is 15.3. The summed E-state index contributed by atoms with van der Waals surface area (Å²) in [7, 11) is 0. The molecule has 0 saturated carbocycles. The van der Waals surface area contributed by atoms with Crippen molar-refractivity contribution in [2.45, 2.75) is 63.2 Å². The number of primary amides is 1. The lowest BCUT2D eigenvalue weighted by molar-refractivity contribution is -0.139. The van der Waals surface area contributed by atoms with Crippen molar-refractivity contribution in [3.05, 3.63) is 23.8 Å². The number of hydrogen-bond donors (Lipinski definition) is 6. The van der Waals surface area contributed by atoms with Crippen molar-refractivity contribution in [1.29, 1.82) is 0 Å². The summed E-state index contributed by atoms with van der Waals surface area (Å²) in [6.07, 6.45) is 9.93. The number of amides is 3. The molecule has 2 aliphatic heterocycles. The second kappa shape index (κ2) is 26.0. The SMILES string of the molecule is C#CCOCCOCCOCCNc1nc(N2CCN(C(=O)[C@H](CCC(=O)O)n3cc(CN)nn3)CC2)nc(N2CCN(C(=O)[C@H](CCCCN)n3cc([C@@H](N)CC(N)=O)nn3)CC2)n1. The molecule has 26 heteroatoms. The third-order valence-electron chi connectivity index (χ3n) is 10.7. The molecule has 3 aromatic heterocycles. The number of carboxylic acid groups (broad SMARTS) is 1. The van der Waals surface area contributed by atoms with Crippen LogP contribution in [-0.2, 0) is 39.9 Å². The summed E-state index contributed by atoms with van der Waals surface area (Å²) >= 11 is 0. The highest BCUT2D eigenvalue weighted by molar-refractivity contribution is 5.82. The molecule has 26 nitrogen and oxygen atoms in total. The molecule has 2 aliphatic rings. The van der Waals surface area contributed by atoms with Crippen molar-refractivity contribution in [3.8, 4) is 12.3 Å². The van der Waals surface area contributed by atoms with Gasteiger partial charge in [0.05, 0.1) is 62.9 Å². The minimum atomic E-state index is -1.03. The van der Waals surface area contributed by atoms with Crippen LogP contribution < -0.4 is 38.1 Å². The molecule has 65 heavy (non-hydrogen) atoms. The van der Waals surface area contributed by atoms with Crippen molar-refractivity contribution >= 4 is 41.5 Å². The molecular formula is C39H62N18O8. The maximum absolute atomic E-state index is 14.1. The van der Waals surface area contributed by atoms with Gasteiger partial charge in [-0.1, -0.05) is 16.3 Å². The number of carboxylic acids is 1. The molecular weight excluding hydrogens is 849 g/mol. The van der Waals surface area contributed by atoms with Gasteiger partial charge in [-0.2, -0.15) is 15.0 Å². The largest absolute Gasteiger partial charge is 0.481 e. The lowest BCUT2D eigenvalue weighted by Crippen LogP contribution is -2.52. The van der Waals surface area contributed by atoms with Gasteiger partial charge in [-0.3, -0.25) is 19.2 Å². The highest BCUT2D eigenvalue weighted by atomic mass is 16.5. The normalized spacial score (nSPS) is 15.7. The average molecular weight is 911 g/mol. The highest BCUT2D eigenvalue weighted by Gasteiger charge is 2.33. The van der Waals surface area contributed by atoms with Gasteiger partial charge in [0.25, 0.3) is 0 Å². The van der Waals surface area contributed by atoms with Gasteiger partial charge in [-0.05, 0) is 32.2 Å². The monoisotopic (exact) mass is 910 g/mol.